The fourth-order valence-electron chi connectivity index (χ4n) is 2.72. The number of benzene rings is 1. The van der Waals surface area contributed by atoms with Crippen LogP contribution >= 0.6 is 0 Å². The first-order valence-electron chi connectivity index (χ1n) is 7.23. The second kappa shape index (κ2) is 6.20. The molecule has 0 radical (unpaired) electrons. The van der Waals surface area contributed by atoms with Crippen molar-refractivity contribution in [3.8, 4) is 0 Å². The third-order valence-electron chi connectivity index (χ3n) is 3.69. The molecule has 1 saturated heterocycles. The van der Waals surface area contributed by atoms with Gasteiger partial charge in [-0.05, 0) is 24.0 Å². The van der Waals surface area contributed by atoms with Crippen LogP contribution in [0.2, 0.25) is 0 Å². The van der Waals surface area contributed by atoms with Crippen molar-refractivity contribution < 1.29 is 4.79 Å². The van der Waals surface area contributed by atoms with Gasteiger partial charge in [-0.15, -0.1) is 0 Å². The van der Waals surface area contributed by atoms with Gasteiger partial charge in [0.1, 0.15) is 0 Å². The Hall–Kier alpha value is -1.35. The largest absolute Gasteiger partial charge is 0.337 e. The van der Waals surface area contributed by atoms with Crippen molar-refractivity contribution >= 4 is 5.91 Å². The summed E-state index contributed by atoms with van der Waals surface area (Å²) in [7, 11) is 0. The second-order valence-electron chi connectivity index (χ2n) is 5.54. The summed E-state index contributed by atoms with van der Waals surface area (Å²) in [5.41, 5.74) is 2.62. The first-order valence-corrected chi connectivity index (χ1v) is 7.23. The van der Waals surface area contributed by atoms with Gasteiger partial charge in [0, 0.05) is 19.1 Å². The molecular formula is C16H24N2O. The van der Waals surface area contributed by atoms with Gasteiger partial charge < -0.3 is 10.2 Å². The van der Waals surface area contributed by atoms with Crippen LogP contribution in [-0.2, 0) is 17.8 Å². The summed E-state index contributed by atoms with van der Waals surface area (Å²) in [5, 5.41) is 3.34. The van der Waals surface area contributed by atoms with Crippen molar-refractivity contribution in [2.24, 2.45) is 0 Å². The molecule has 0 aromatic heterocycles. The van der Waals surface area contributed by atoms with Gasteiger partial charge in [0.05, 0.1) is 6.04 Å². The number of nitrogens with one attached hydrogen (secondary N) is 1. The third kappa shape index (κ3) is 3.35. The van der Waals surface area contributed by atoms with E-state index in [1.54, 1.807) is 0 Å². The molecule has 0 spiro atoms. The van der Waals surface area contributed by atoms with Gasteiger partial charge in [-0.3, -0.25) is 4.79 Å². The van der Waals surface area contributed by atoms with Crippen molar-refractivity contribution in [1.29, 1.82) is 0 Å². The number of rotatable bonds is 5. The number of aryl methyl sites for hydroxylation is 1. The van der Waals surface area contributed by atoms with Crippen molar-refractivity contribution in [2.45, 2.75) is 52.2 Å². The molecule has 3 nitrogen and oxygen atoms in total. The fourth-order valence-corrected chi connectivity index (χ4v) is 2.72. The van der Waals surface area contributed by atoms with Crippen molar-refractivity contribution in [2.75, 3.05) is 6.54 Å². The molecule has 1 heterocycles. The number of nitrogens with zero attached hydrogens (tertiary/aromatic N) is 1. The fraction of sp³-hybridized carbons (Fsp3) is 0.562. The molecule has 0 saturated carbocycles. The molecule has 1 amide bonds. The van der Waals surface area contributed by atoms with Gasteiger partial charge in [0.2, 0.25) is 5.91 Å². The molecule has 1 aliphatic heterocycles. The topological polar surface area (TPSA) is 32.3 Å². The summed E-state index contributed by atoms with van der Waals surface area (Å²) in [5.74, 6) is 0.250. The Kier molecular flexibility index (Phi) is 4.59. The highest BCUT2D eigenvalue weighted by Crippen LogP contribution is 2.18. The molecule has 1 aromatic carbocycles. The molecule has 1 aliphatic rings. The minimum Gasteiger partial charge on any atom is -0.337 e. The van der Waals surface area contributed by atoms with Crippen LogP contribution in [0.5, 0.6) is 0 Å². The van der Waals surface area contributed by atoms with E-state index in [0.29, 0.717) is 6.04 Å². The number of likely N-dealkylation sites (tertiary alicyclic amines) is 1. The molecule has 19 heavy (non-hydrogen) atoms. The van der Waals surface area contributed by atoms with Crippen LogP contribution in [0, 0.1) is 0 Å². The van der Waals surface area contributed by atoms with Crippen molar-refractivity contribution in [3.63, 3.8) is 0 Å². The summed E-state index contributed by atoms with van der Waals surface area (Å²) in [6, 6.07) is 8.77. The van der Waals surface area contributed by atoms with E-state index in [4.69, 9.17) is 0 Å². The van der Waals surface area contributed by atoms with Gasteiger partial charge in [0.15, 0.2) is 0 Å². The average Bonchev–Trinajstić information content (AvgIpc) is 2.72. The lowest BCUT2D eigenvalue weighted by Gasteiger charge is -2.19. The smallest absolute Gasteiger partial charge is 0.240 e. The van der Waals surface area contributed by atoms with Gasteiger partial charge in [-0.1, -0.05) is 45.0 Å². The molecule has 0 bridgehead atoms. The quantitative estimate of drug-likeness (QED) is 0.881. The van der Waals surface area contributed by atoms with Crippen LogP contribution in [0.15, 0.2) is 24.3 Å². The zero-order valence-corrected chi connectivity index (χ0v) is 12.1. The number of hydrogen-bond acceptors (Lipinski definition) is 2. The third-order valence-corrected chi connectivity index (χ3v) is 3.69. The van der Waals surface area contributed by atoms with E-state index in [1.165, 1.54) is 11.1 Å². The Labute approximate surface area is 116 Å². The molecule has 1 unspecified atom stereocenters. The predicted octanol–water partition coefficient (Wildman–Crippen LogP) is 2.35. The predicted molar refractivity (Wildman–Crippen MR) is 77.9 cm³/mol. The van der Waals surface area contributed by atoms with Crippen LogP contribution in [0.3, 0.4) is 0 Å². The number of carbonyl (C=O) groups is 1. The van der Waals surface area contributed by atoms with E-state index in [9.17, 15) is 4.79 Å². The Bertz CT molecular complexity index is 442. The van der Waals surface area contributed by atoms with Crippen LogP contribution < -0.4 is 5.32 Å². The van der Waals surface area contributed by atoms with Gasteiger partial charge >= 0.3 is 0 Å². The Balaban J connectivity index is 2.02. The molecule has 1 atom stereocenters. The first-order chi connectivity index (χ1) is 9.11. The normalized spacial score (nSPS) is 19.5. The highest BCUT2D eigenvalue weighted by molar-refractivity contribution is 5.84. The molecule has 104 valence electrons. The van der Waals surface area contributed by atoms with E-state index in [1.807, 2.05) is 4.90 Å². The summed E-state index contributed by atoms with van der Waals surface area (Å²) < 4.78 is 0. The monoisotopic (exact) mass is 260 g/mol. The maximum absolute atomic E-state index is 12.3. The summed E-state index contributed by atoms with van der Waals surface area (Å²) >= 11 is 0. The zero-order valence-electron chi connectivity index (χ0n) is 12.1. The van der Waals surface area contributed by atoms with Crippen LogP contribution in [0.25, 0.3) is 0 Å². The lowest BCUT2D eigenvalue weighted by molar-refractivity contribution is -0.130. The second-order valence-corrected chi connectivity index (χ2v) is 5.54. The highest BCUT2D eigenvalue weighted by Gasteiger charge is 2.31. The van der Waals surface area contributed by atoms with E-state index < -0.39 is 0 Å². The zero-order chi connectivity index (χ0) is 13.8. The molecule has 2 rings (SSSR count). The molecule has 1 aromatic rings. The van der Waals surface area contributed by atoms with Gasteiger partial charge in [-0.2, -0.15) is 0 Å². The first kappa shape index (κ1) is 14.1. The van der Waals surface area contributed by atoms with Crippen molar-refractivity contribution in [1.82, 2.24) is 10.2 Å². The van der Waals surface area contributed by atoms with E-state index in [-0.39, 0.29) is 11.9 Å². The molecule has 1 N–H and O–H groups in total. The highest BCUT2D eigenvalue weighted by atomic mass is 16.2. The number of hydrogen-bond donors (Lipinski definition) is 1. The van der Waals surface area contributed by atoms with E-state index in [2.05, 4.69) is 50.4 Å². The van der Waals surface area contributed by atoms with E-state index >= 15 is 0 Å². The van der Waals surface area contributed by atoms with E-state index in [0.717, 1.165) is 25.9 Å². The van der Waals surface area contributed by atoms with Crippen molar-refractivity contribution in [3.05, 3.63) is 35.4 Å². The minimum atomic E-state index is 0.00814. The molecule has 3 heteroatoms. The van der Waals surface area contributed by atoms with Gasteiger partial charge in [0.25, 0.3) is 0 Å². The summed E-state index contributed by atoms with van der Waals surface area (Å²) in [4.78, 5) is 14.3. The molecule has 1 fully saturated rings. The molecule has 0 aliphatic carbocycles. The summed E-state index contributed by atoms with van der Waals surface area (Å²) in [6.45, 7) is 7.94. The SMILES string of the molecule is CCc1ccccc1CN1CCC(NC(C)C)C1=O. The maximum Gasteiger partial charge on any atom is 0.240 e. The Morgan fingerprint density at radius 2 is 2.00 bits per heavy atom. The number of carbonyl (C=O) groups excluding carboxylic acids is 1. The Morgan fingerprint density at radius 1 is 1.32 bits per heavy atom. The standard InChI is InChI=1S/C16H24N2O/c1-4-13-7-5-6-8-14(13)11-18-10-9-15(16(18)19)17-12(2)3/h5-8,12,15,17H,4,9-11H2,1-3H3. The molecular weight excluding hydrogens is 236 g/mol. The minimum absolute atomic E-state index is 0.00814. The lowest BCUT2D eigenvalue weighted by atomic mass is 10.1. The van der Waals surface area contributed by atoms with Crippen LogP contribution in [0.4, 0.5) is 0 Å². The number of amides is 1. The van der Waals surface area contributed by atoms with Crippen LogP contribution in [-0.4, -0.2) is 29.4 Å². The lowest BCUT2D eigenvalue weighted by Crippen LogP contribution is -2.41. The van der Waals surface area contributed by atoms with Gasteiger partial charge in [-0.25, -0.2) is 0 Å². The summed E-state index contributed by atoms with van der Waals surface area (Å²) in [6.07, 6.45) is 1.94. The average molecular weight is 260 g/mol. The van der Waals surface area contributed by atoms with Crippen LogP contribution in [0.1, 0.15) is 38.3 Å². The maximum atomic E-state index is 12.3. The Morgan fingerprint density at radius 3 is 2.63 bits per heavy atom.